The van der Waals surface area contributed by atoms with Gasteiger partial charge in [-0.05, 0) is 36.8 Å². The van der Waals surface area contributed by atoms with E-state index in [9.17, 15) is 18.7 Å². The molecule has 1 saturated heterocycles. The number of rotatable bonds is 2. The predicted octanol–water partition coefficient (Wildman–Crippen LogP) is 2.25. The maximum Gasteiger partial charge on any atom is 0.271 e. The first-order valence-corrected chi connectivity index (χ1v) is 7.02. The molecule has 1 aromatic heterocycles. The number of β-amino-alcohol motifs (C(OH)–C–C–N with tert-alkyl or cyclic N) is 1. The lowest BCUT2D eigenvalue weighted by Crippen LogP contribution is -2.33. The number of aryl methyl sites for hydroxylation is 1. The van der Waals surface area contributed by atoms with Crippen molar-refractivity contribution in [1.29, 1.82) is 0 Å². The van der Waals surface area contributed by atoms with E-state index in [1.165, 1.54) is 4.90 Å². The van der Waals surface area contributed by atoms with Crippen LogP contribution in [-0.4, -0.2) is 33.1 Å². The normalized spacial score (nSPS) is 21.4. The van der Waals surface area contributed by atoms with E-state index in [-0.39, 0.29) is 24.4 Å². The summed E-state index contributed by atoms with van der Waals surface area (Å²) in [7, 11) is 1.73. The molecule has 2 unspecified atom stereocenters. The predicted molar refractivity (Wildman–Crippen MR) is 76.2 cm³/mol. The molecule has 0 aliphatic carbocycles. The summed E-state index contributed by atoms with van der Waals surface area (Å²) in [5.74, 6) is -1.45. The fourth-order valence-electron chi connectivity index (χ4n) is 2.93. The molecule has 1 amide bonds. The summed E-state index contributed by atoms with van der Waals surface area (Å²) in [6, 6.07) is 5.88. The molecule has 3 rings (SSSR count). The van der Waals surface area contributed by atoms with Crippen molar-refractivity contribution < 1.29 is 18.7 Å². The van der Waals surface area contributed by atoms with Crippen molar-refractivity contribution in [3.05, 3.63) is 59.4 Å². The topological polar surface area (TPSA) is 45.5 Å². The zero-order valence-corrected chi connectivity index (χ0v) is 12.0. The molecular weight excluding hydrogens is 290 g/mol. The van der Waals surface area contributed by atoms with E-state index in [4.69, 9.17) is 0 Å². The highest BCUT2D eigenvalue weighted by Crippen LogP contribution is 2.35. The Hall–Kier alpha value is -2.21. The van der Waals surface area contributed by atoms with Gasteiger partial charge in [0.05, 0.1) is 12.1 Å². The van der Waals surface area contributed by atoms with Gasteiger partial charge in [0.2, 0.25) is 0 Å². The van der Waals surface area contributed by atoms with Crippen LogP contribution in [0.25, 0.3) is 0 Å². The smallest absolute Gasteiger partial charge is 0.271 e. The van der Waals surface area contributed by atoms with Crippen LogP contribution in [0.3, 0.4) is 0 Å². The van der Waals surface area contributed by atoms with E-state index < -0.39 is 23.8 Å². The van der Waals surface area contributed by atoms with Crippen molar-refractivity contribution in [3.8, 4) is 0 Å². The Morgan fingerprint density at radius 3 is 2.77 bits per heavy atom. The van der Waals surface area contributed by atoms with Gasteiger partial charge in [0, 0.05) is 25.4 Å². The summed E-state index contributed by atoms with van der Waals surface area (Å²) in [5, 5.41) is 9.89. The van der Waals surface area contributed by atoms with Gasteiger partial charge in [-0.25, -0.2) is 8.78 Å². The van der Waals surface area contributed by atoms with Gasteiger partial charge in [0.1, 0.15) is 17.3 Å². The van der Waals surface area contributed by atoms with Crippen molar-refractivity contribution in [2.45, 2.75) is 18.6 Å². The fraction of sp³-hybridized carbons (Fsp3) is 0.312. The third-order valence-electron chi connectivity index (χ3n) is 4.02. The number of hydrogen-bond acceptors (Lipinski definition) is 2. The van der Waals surface area contributed by atoms with Crippen molar-refractivity contribution in [2.24, 2.45) is 7.05 Å². The largest absolute Gasteiger partial charge is 0.391 e. The lowest BCUT2D eigenvalue weighted by atomic mass is 10.0. The summed E-state index contributed by atoms with van der Waals surface area (Å²) in [5.41, 5.74) is 0.537. The molecule has 1 aromatic carbocycles. The molecule has 2 heterocycles. The van der Waals surface area contributed by atoms with Crippen LogP contribution in [0.15, 0.2) is 36.5 Å². The molecule has 2 atom stereocenters. The van der Waals surface area contributed by atoms with Crippen LogP contribution >= 0.6 is 0 Å². The molecule has 1 fully saturated rings. The second-order valence-electron chi connectivity index (χ2n) is 5.53. The van der Waals surface area contributed by atoms with Crippen molar-refractivity contribution in [3.63, 3.8) is 0 Å². The van der Waals surface area contributed by atoms with Gasteiger partial charge >= 0.3 is 0 Å². The Bertz CT molecular complexity index is 714. The molecule has 4 nitrogen and oxygen atoms in total. The number of halogens is 2. The number of aliphatic hydroxyl groups excluding tert-OH is 1. The number of benzene rings is 1. The third kappa shape index (κ3) is 2.50. The van der Waals surface area contributed by atoms with Gasteiger partial charge in [-0.1, -0.05) is 0 Å². The van der Waals surface area contributed by atoms with Gasteiger partial charge < -0.3 is 14.6 Å². The maximum atomic E-state index is 14.0. The quantitative estimate of drug-likeness (QED) is 0.925. The Morgan fingerprint density at radius 1 is 1.32 bits per heavy atom. The standard InChI is InChI=1S/C16H16F2N2O2/c1-19-6-2-3-14(19)16(22)20-9-11(21)8-15(20)12-7-10(17)4-5-13(12)18/h2-7,11,15,21H,8-9H2,1H3. The monoisotopic (exact) mass is 306 g/mol. The average Bonchev–Trinajstić information content (AvgIpc) is 3.07. The van der Waals surface area contributed by atoms with Gasteiger partial charge in [0.15, 0.2) is 0 Å². The third-order valence-corrected chi connectivity index (χ3v) is 4.02. The van der Waals surface area contributed by atoms with Gasteiger partial charge in [-0.3, -0.25) is 4.79 Å². The molecule has 22 heavy (non-hydrogen) atoms. The van der Waals surface area contributed by atoms with Crippen LogP contribution in [0.2, 0.25) is 0 Å². The minimum atomic E-state index is -0.753. The maximum absolute atomic E-state index is 14.0. The highest BCUT2D eigenvalue weighted by atomic mass is 19.1. The number of amides is 1. The summed E-state index contributed by atoms with van der Waals surface area (Å²) in [6.45, 7) is 0.102. The van der Waals surface area contributed by atoms with E-state index in [2.05, 4.69) is 0 Å². The van der Waals surface area contributed by atoms with E-state index in [0.717, 1.165) is 18.2 Å². The number of carbonyl (C=O) groups is 1. The molecule has 0 saturated carbocycles. The first-order chi connectivity index (χ1) is 10.5. The summed E-state index contributed by atoms with van der Waals surface area (Å²) < 4.78 is 29.1. The average molecular weight is 306 g/mol. The molecule has 0 spiro atoms. The fourth-order valence-corrected chi connectivity index (χ4v) is 2.93. The molecule has 1 aliphatic rings. The summed E-state index contributed by atoms with van der Waals surface area (Å²) >= 11 is 0. The molecule has 1 aliphatic heterocycles. The zero-order chi connectivity index (χ0) is 15.9. The summed E-state index contributed by atoms with van der Waals surface area (Å²) in [6.07, 6.45) is 1.17. The van der Waals surface area contributed by atoms with Gasteiger partial charge in [0.25, 0.3) is 5.91 Å². The van der Waals surface area contributed by atoms with Crippen LogP contribution in [-0.2, 0) is 7.05 Å². The minimum absolute atomic E-state index is 0.0964. The van der Waals surface area contributed by atoms with Gasteiger partial charge in [-0.15, -0.1) is 0 Å². The Balaban J connectivity index is 1.98. The number of nitrogens with zero attached hydrogens (tertiary/aromatic N) is 2. The van der Waals surface area contributed by atoms with Crippen LogP contribution in [0.1, 0.15) is 28.5 Å². The molecule has 1 N–H and O–H groups in total. The first-order valence-electron chi connectivity index (χ1n) is 7.02. The van der Waals surface area contributed by atoms with E-state index >= 15 is 0 Å². The van der Waals surface area contributed by atoms with E-state index in [0.29, 0.717) is 5.69 Å². The lowest BCUT2D eigenvalue weighted by molar-refractivity contribution is 0.0704. The number of carbonyl (C=O) groups excluding carboxylic acids is 1. The Labute approximate surface area is 126 Å². The molecule has 0 radical (unpaired) electrons. The zero-order valence-electron chi connectivity index (χ0n) is 12.0. The number of likely N-dealkylation sites (tertiary alicyclic amines) is 1. The Kier molecular flexibility index (Phi) is 3.70. The van der Waals surface area contributed by atoms with Gasteiger partial charge in [-0.2, -0.15) is 0 Å². The van der Waals surface area contributed by atoms with Crippen LogP contribution in [0.4, 0.5) is 8.78 Å². The molecule has 0 bridgehead atoms. The lowest BCUT2D eigenvalue weighted by Gasteiger charge is -2.25. The highest BCUT2D eigenvalue weighted by molar-refractivity contribution is 5.93. The second kappa shape index (κ2) is 5.53. The molecule has 2 aromatic rings. The molecule has 6 heteroatoms. The number of aromatic nitrogens is 1. The molecule has 116 valence electrons. The second-order valence-corrected chi connectivity index (χ2v) is 5.53. The highest BCUT2D eigenvalue weighted by Gasteiger charge is 2.37. The molecular formula is C16H16F2N2O2. The van der Waals surface area contributed by atoms with Crippen molar-refractivity contribution in [1.82, 2.24) is 9.47 Å². The number of hydrogen-bond donors (Lipinski definition) is 1. The van der Waals surface area contributed by atoms with E-state index in [1.807, 2.05) is 0 Å². The van der Waals surface area contributed by atoms with Crippen LogP contribution < -0.4 is 0 Å². The van der Waals surface area contributed by atoms with Crippen molar-refractivity contribution in [2.75, 3.05) is 6.54 Å². The van der Waals surface area contributed by atoms with Crippen molar-refractivity contribution >= 4 is 5.91 Å². The summed E-state index contributed by atoms with van der Waals surface area (Å²) in [4.78, 5) is 14.0. The van der Waals surface area contributed by atoms with E-state index in [1.54, 1.807) is 29.9 Å². The first kappa shape index (κ1) is 14.7. The van der Waals surface area contributed by atoms with Crippen LogP contribution in [0.5, 0.6) is 0 Å². The Morgan fingerprint density at radius 2 is 2.09 bits per heavy atom. The number of aliphatic hydroxyl groups is 1. The van der Waals surface area contributed by atoms with Crippen LogP contribution in [0, 0.1) is 11.6 Å². The SMILES string of the molecule is Cn1cccc1C(=O)N1CC(O)CC1c1cc(F)ccc1F. The minimum Gasteiger partial charge on any atom is -0.391 e.